The minimum Gasteiger partial charge on any atom is -0.341 e. The molecule has 1 N–H and O–H groups in total. The molecule has 0 aromatic heterocycles. The number of benzene rings is 1. The molecule has 2 saturated heterocycles. The van der Waals surface area contributed by atoms with Crippen LogP contribution in [0.5, 0.6) is 0 Å². The highest BCUT2D eigenvalue weighted by molar-refractivity contribution is 5.94. The van der Waals surface area contributed by atoms with Gasteiger partial charge in [0.2, 0.25) is 5.91 Å². The Labute approximate surface area is 162 Å². The topological polar surface area (TPSA) is 52.7 Å². The molecule has 1 aromatic rings. The molecule has 1 aromatic carbocycles. The molecule has 5 nitrogen and oxygen atoms in total. The number of amides is 2. The van der Waals surface area contributed by atoms with E-state index in [4.69, 9.17) is 0 Å². The lowest BCUT2D eigenvalue weighted by molar-refractivity contribution is -0.131. The summed E-state index contributed by atoms with van der Waals surface area (Å²) >= 11 is 0. The molecule has 1 atom stereocenters. The summed E-state index contributed by atoms with van der Waals surface area (Å²) in [6, 6.07) is 7.73. The average Bonchev–Trinajstić information content (AvgIpc) is 3.01. The second kappa shape index (κ2) is 9.93. The summed E-state index contributed by atoms with van der Waals surface area (Å²) in [5.41, 5.74) is 1.84. The predicted molar refractivity (Wildman–Crippen MR) is 106 cm³/mol. The van der Waals surface area contributed by atoms with Crippen molar-refractivity contribution in [2.24, 2.45) is 5.92 Å². The van der Waals surface area contributed by atoms with Crippen molar-refractivity contribution in [2.75, 3.05) is 39.3 Å². The molecule has 1 unspecified atom stereocenters. The maximum atomic E-state index is 12.7. The third-order valence-corrected chi connectivity index (χ3v) is 5.33. The van der Waals surface area contributed by atoms with Crippen LogP contribution in [0.25, 0.3) is 0 Å². The molecule has 2 aliphatic heterocycles. The van der Waals surface area contributed by atoms with Crippen molar-refractivity contribution in [1.82, 2.24) is 15.1 Å². The Morgan fingerprint density at radius 1 is 1.15 bits per heavy atom. The van der Waals surface area contributed by atoms with Crippen LogP contribution in [0.4, 0.5) is 0 Å². The van der Waals surface area contributed by atoms with Crippen molar-refractivity contribution in [3.05, 3.63) is 35.4 Å². The summed E-state index contributed by atoms with van der Waals surface area (Å²) in [7, 11) is 0. The lowest BCUT2D eigenvalue weighted by Crippen LogP contribution is -2.37. The van der Waals surface area contributed by atoms with Gasteiger partial charge in [-0.2, -0.15) is 0 Å². The Morgan fingerprint density at radius 2 is 1.92 bits per heavy atom. The molecular weight excluding hydrogens is 350 g/mol. The van der Waals surface area contributed by atoms with Gasteiger partial charge in [0.15, 0.2) is 0 Å². The van der Waals surface area contributed by atoms with Gasteiger partial charge in [0.25, 0.3) is 5.91 Å². The molecule has 2 aliphatic rings. The molecule has 0 saturated carbocycles. The Bertz CT molecular complexity index is 617. The molecule has 0 spiro atoms. The van der Waals surface area contributed by atoms with Crippen molar-refractivity contribution >= 4 is 24.2 Å². The number of rotatable bonds is 4. The van der Waals surface area contributed by atoms with Crippen molar-refractivity contribution in [3.8, 4) is 0 Å². The predicted octanol–water partition coefficient (Wildman–Crippen LogP) is 2.48. The zero-order valence-electron chi connectivity index (χ0n) is 15.6. The van der Waals surface area contributed by atoms with E-state index in [-0.39, 0.29) is 24.2 Å². The SMILES string of the molecule is Cc1cccc(C(=O)N2CCCN(C(=O)CCC3CCNC3)CC2)c1.Cl. The average molecular weight is 380 g/mol. The number of carbonyl (C=O) groups excluding carboxylic acids is 2. The molecule has 3 rings (SSSR count). The first-order valence-corrected chi connectivity index (χ1v) is 9.48. The third kappa shape index (κ3) is 5.45. The van der Waals surface area contributed by atoms with Gasteiger partial charge in [-0.25, -0.2) is 0 Å². The van der Waals surface area contributed by atoms with E-state index in [1.54, 1.807) is 0 Å². The summed E-state index contributed by atoms with van der Waals surface area (Å²) in [4.78, 5) is 29.0. The minimum atomic E-state index is 0. The van der Waals surface area contributed by atoms with E-state index in [9.17, 15) is 9.59 Å². The fraction of sp³-hybridized carbons (Fsp3) is 0.600. The zero-order chi connectivity index (χ0) is 17.6. The van der Waals surface area contributed by atoms with E-state index in [0.29, 0.717) is 25.4 Å². The smallest absolute Gasteiger partial charge is 0.253 e. The van der Waals surface area contributed by atoms with Crippen molar-refractivity contribution in [1.29, 1.82) is 0 Å². The minimum absolute atomic E-state index is 0. The molecule has 2 heterocycles. The number of carbonyl (C=O) groups is 2. The summed E-state index contributed by atoms with van der Waals surface area (Å²) in [6.45, 7) is 6.90. The molecule has 0 aliphatic carbocycles. The van der Waals surface area contributed by atoms with Crippen LogP contribution in [0.3, 0.4) is 0 Å². The first-order chi connectivity index (χ1) is 12.1. The van der Waals surface area contributed by atoms with E-state index >= 15 is 0 Å². The highest BCUT2D eigenvalue weighted by Crippen LogP contribution is 2.16. The highest BCUT2D eigenvalue weighted by atomic mass is 35.5. The second-order valence-electron chi connectivity index (χ2n) is 7.29. The van der Waals surface area contributed by atoms with Crippen LogP contribution < -0.4 is 5.32 Å². The molecule has 26 heavy (non-hydrogen) atoms. The molecule has 0 bridgehead atoms. The molecule has 2 amide bonds. The van der Waals surface area contributed by atoms with E-state index in [0.717, 1.165) is 50.1 Å². The van der Waals surface area contributed by atoms with Crippen LogP contribution in [-0.2, 0) is 4.79 Å². The van der Waals surface area contributed by atoms with Gasteiger partial charge in [0.1, 0.15) is 0 Å². The normalized spacial score (nSPS) is 20.4. The second-order valence-corrected chi connectivity index (χ2v) is 7.29. The van der Waals surface area contributed by atoms with Crippen LogP contribution in [0.15, 0.2) is 24.3 Å². The largest absolute Gasteiger partial charge is 0.341 e. The maximum Gasteiger partial charge on any atom is 0.253 e. The molecule has 2 fully saturated rings. The van der Waals surface area contributed by atoms with E-state index < -0.39 is 0 Å². The fourth-order valence-electron chi connectivity index (χ4n) is 3.78. The molecular formula is C20H30ClN3O2. The van der Waals surface area contributed by atoms with Gasteiger partial charge in [-0.15, -0.1) is 12.4 Å². The van der Waals surface area contributed by atoms with Crippen molar-refractivity contribution in [2.45, 2.75) is 32.6 Å². The van der Waals surface area contributed by atoms with Gasteiger partial charge in [0, 0.05) is 38.2 Å². The van der Waals surface area contributed by atoms with Crippen LogP contribution in [0.1, 0.15) is 41.6 Å². The molecule has 144 valence electrons. The maximum absolute atomic E-state index is 12.7. The third-order valence-electron chi connectivity index (χ3n) is 5.33. The van der Waals surface area contributed by atoms with Gasteiger partial charge in [-0.1, -0.05) is 17.7 Å². The van der Waals surface area contributed by atoms with Gasteiger partial charge in [0.05, 0.1) is 0 Å². The van der Waals surface area contributed by atoms with Gasteiger partial charge in [-0.05, 0) is 57.3 Å². The number of nitrogens with zero attached hydrogens (tertiary/aromatic N) is 2. The monoisotopic (exact) mass is 379 g/mol. The first-order valence-electron chi connectivity index (χ1n) is 9.48. The Morgan fingerprint density at radius 3 is 2.65 bits per heavy atom. The number of hydrogen-bond acceptors (Lipinski definition) is 3. The molecule has 0 radical (unpaired) electrons. The van der Waals surface area contributed by atoms with Crippen LogP contribution >= 0.6 is 12.4 Å². The summed E-state index contributed by atoms with van der Waals surface area (Å²) < 4.78 is 0. The van der Waals surface area contributed by atoms with Crippen molar-refractivity contribution in [3.63, 3.8) is 0 Å². The summed E-state index contributed by atoms with van der Waals surface area (Å²) in [5.74, 6) is 0.974. The highest BCUT2D eigenvalue weighted by Gasteiger charge is 2.24. The Kier molecular flexibility index (Phi) is 7.91. The lowest BCUT2D eigenvalue weighted by Gasteiger charge is -2.23. The van der Waals surface area contributed by atoms with Gasteiger partial charge < -0.3 is 15.1 Å². The fourth-order valence-corrected chi connectivity index (χ4v) is 3.78. The van der Waals surface area contributed by atoms with Gasteiger partial charge in [-0.3, -0.25) is 9.59 Å². The Balaban J connectivity index is 0.00000243. The van der Waals surface area contributed by atoms with E-state index in [1.807, 2.05) is 41.0 Å². The number of nitrogens with one attached hydrogen (secondary N) is 1. The molecule has 6 heteroatoms. The van der Waals surface area contributed by atoms with E-state index in [2.05, 4.69) is 5.32 Å². The zero-order valence-corrected chi connectivity index (χ0v) is 16.4. The van der Waals surface area contributed by atoms with Crippen LogP contribution in [0, 0.1) is 12.8 Å². The number of halogens is 1. The number of hydrogen-bond donors (Lipinski definition) is 1. The first kappa shape index (κ1) is 20.7. The van der Waals surface area contributed by atoms with Crippen LogP contribution in [0.2, 0.25) is 0 Å². The Hall–Kier alpha value is -1.59. The standard InChI is InChI=1S/C20H29N3O2.ClH/c1-16-4-2-5-18(14-16)20(25)23-11-3-10-22(12-13-23)19(24)7-6-17-8-9-21-15-17;/h2,4-5,14,17,21H,3,6-13,15H2,1H3;1H. The van der Waals surface area contributed by atoms with Gasteiger partial charge >= 0.3 is 0 Å². The van der Waals surface area contributed by atoms with Crippen LogP contribution in [-0.4, -0.2) is 60.9 Å². The number of aryl methyl sites for hydroxylation is 1. The van der Waals surface area contributed by atoms with Crippen molar-refractivity contribution < 1.29 is 9.59 Å². The summed E-state index contributed by atoms with van der Waals surface area (Å²) in [6.07, 6.45) is 3.66. The quantitative estimate of drug-likeness (QED) is 0.874. The summed E-state index contributed by atoms with van der Waals surface area (Å²) in [5, 5.41) is 3.35. The van der Waals surface area contributed by atoms with E-state index in [1.165, 1.54) is 6.42 Å². The lowest BCUT2D eigenvalue weighted by atomic mass is 10.0.